The number of nitrogens with one attached hydrogen (secondary N) is 1. The maximum Gasteiger partial charge on any atom is 0.245 e. The summed E-state index contributed by atoms with van der Waals surface area (Å²) in [6, 6.07) is 18.1. The van der Waals surface area contributed by atoms with E-state index in [0.717, 1.165) is 5.56 Å². The number of carbonyl (C=O) groups is 1. The second kappa shape index (κ2) is 8.18. The SMILES string of the molecule is CC(C)CC(C#N)(Cc1ccccc1)C(=O)Nc1cnc2c(F)cccc2c1. The van der Waals surface area contributed by atoms with Crippen molar-refractivity contribution < 1.29 is 9.18 Å². The third-order valence-electron chi connectivity index (χ3n) is 4.67. The average Bonchev–Trinajstić information content (AvgIpc) is 2.68. The molecule has 1 heterocycles. The normalized spacial score (nSPS) is 13.1. The second-order valence-corrected chi connectivity index (χ2v) is 7.44. The molecule has 3 aromatic rings. The monoisotopic (exact) mass is 375 g/mol. The van der Waals surface area contributed by atoms with Gasteiger partial charge >= 0.3 is 0 Å². The first-order chi connectivity index (χ1) is 13.4. The summed E-state index contributed by atoms with van der Waals surface area (Å²) in [5.74, 6) is -0.617. The van der Waals surface area contributed by atoms with Crippen LogP contribution in [0.3, 0.4) is 0 Å². The Morgan fingerprint density at radius 3 is 2.64 bits per heavy atom. The van der Waals surface area contributed by atoms with Crippen molar-refractivity contribution in [2.24, 2.45) is 11.3 Å². The Kier molecular flexibility index (Phi) is 5.70. The number of fused-ring (bicyclic) bond motifs is 1. The number of halogens is 1. The summed E-state index contributed by atoms with van der Waals surface area (Å²) in [7, 11) is 0. The molecule has 0 aliphatic heterocycles. The average molecular weight is 375 g/mol. The van der Waals surface area contributed by atoms with Crippen molar-refractivity contribution in [2.75, 3.05) is 5.32 Å². The number of benzene rings is 2. The molecule has 0 aliphatic carbocycles. The van der Waals surface area contributed by atoms with Gasteiger partial charge in [0, 0.05) is 11.8 Å². The van der Waals surface area contributed by atoms with Gasteiger partial charge in [-0.05, 0) is 30.0 Å². The number of amides is 1. The van der Waals surface area contributed by atoms with E-state index < -0.39 is 11.2 Å². The number of para-hydroxylation sites is 1. The molecule has 0 saturated carbocycles. The topological polar surface area (TPSA) is 65.8 Å². The van der Waals surface area contributed by atoms with Crippen molar-refractivity contribution >= 4 is 22.5 Å². The van der Waals surface area contributed by atoms with E-state index in [1.165, 1.54) is 12.3 Å². The van der Waals surface area contributed by atoms with Crippen LogP contribution in [0.2, 0.25) is 0 Å². The zero-order valence-electron chi connectivity index (χ0n) is 15.9. The van der Waals surface area contributed by atoms with Gasteiger partial charge < -0.3 is 5.32 Å². The summed E-state index contributed by atoms with van der Waals surface area (Å²) in [4.78, 5) is 17.3. The number of aromatic nitrogens is 1. The molecule has 1 aromatic heterocycles. The molecule has 28 heavy (non-hydrogen) atoms. The molecule has 1 atom stereocenters. The molecule has 0 fully saturated rings. The summed E-state index contributed by atoms with van der Waals surface area (Å²) in [6.07, 6.45) is 2.17. The van der Waals surface area contributed by atoms with Crippen molar-refractivity contribution in [3.63, 3.8) is 0 Å². The molecule has 2 aromatic carbocycles. The van der Waals surface area contributed by atoms with Gasteiger partial charge in [0.1, 0.15) is 16.7 Å². The van der Waals surface area contributed by atoms with E-state index in [2.05, 4.69) is 16.4 Å². The maximum absolute atomic E-state index is 13.8. The van der Waals surface area contributed by atoms with Crippen LogP contribution in [0.15, 0.2) is 60.8 Å². The minimum atomic E-state index is -1.20. The van der Waals surface area contributed by atoms with E-state index in [1.807, 2.05) is 44.2 Å². The van der Waals surface area contributed by atoms with Crippen LogP contribution in [-0.4, -0.2) is 10.9 Å². The zero-order chi connectivity index (χ0) is 20.1. The summed E-state index contributed by atoms with van der Waals surface area (Å²) < 4.78 is 13.8. The van der Waals surface area contributed by atoms with Gasteiger partial charge in [-0.3, -0.25) is 9.78 Å². The largest absolute Gasteiger partial charge is 0.323 e. The van der Waals surface area contributed by atoms with Crippen LogP contribution in [0.25, 0.3) is 10.9 Å². The lowest BCUT2D eigenvalue weighted by molar-refractivity contribution is -0.123. The predicted octanol–water partition coefficient (Wildman–Crippen LogP) is 5.11. The van der Waals surface area contributed by atoms with Gasteiger partial charge in [0.15, 0.2) is 0 Å². The second-order valence-electron chi connectivity index (χ2n) is 7.44. The maximum atomic E-state index is 13.8. The van der Waals surface area contributed by atoms with Crippen molar-refractivity contribution in [2.45, 2.75) is 26.7 Å². The molecular weight excluding hydrogens is 353 g/mol. The molecule has 1 N–H and O–H groups in total. The minimum Gasteiger partial charge on any atom is -0.323 e. The molecule has 0 spiro atoms. The zero-order valence-corrected chi connectivity index (χ0v) is 15.9. The van der Waals surface area contributed by atoms with Gasteiger partial charge in [0.25, 0.3) is 0 Å². The Morgan fingerprint density at radius 2 is 1.96 bits per heavy atom. The lowest BCUT2D eigenvalue weighted by Crippen LogP contribution is -2.38. The van der Waals surface area contributed by atoms with Crippen LogP contribution in [-0.2, 0) is 11.2 Å². The van der Waals surface area contributed by atoms with Crippen LogP contribution >= 0.6 is 0 Å². The van der Waals surface area contributed by atoms with E-state index in [1.54, 1.807) is 18.2 Å². The minimum absolute atomic E-state index is 0.165. The van der Waals surface area contributed by atoms with Crippen molar-refractivity contribution in [1.29, 1.82) is 5.26 Å². The van der Waals surface area contributed by atoms with Crippen molar-refractivity contribution in [3.8, 4) is 6.07 Å². The van der Waals surface area contributed by atoms with Gasteiger partial charge in [0.05, 0.1) is 18.0 Å². The van der Waals surface area contributed by atoms with Crippen LogP contribution in [0.4, 0.5) is 10.1 Å². The molecule has 0 radical (unpaired) electrons. The molecule has 3 rings (SSSR count). The molecule has 5 heteroatoms. The summed E-state index contributed by atoms with van der Waals surface area (Å²) >= 11 is 0. The molecule has 4 nitrogen and oxygen atoms in total. The van der Waals surface area contributed by atoms with Gasteiger partial charge in [0.2, 0.25) is 5.91 Å². The van der Waals surface area contributed by atoms with Gasteiger partial charge in [-0.2, -0.15) is 5.26 Å². The molecule has 1 unspecified atom stereocenters. The first-order valence-electron chi connectivity index (χ1n) is 9.24. The standard InChI is InChI=1S/C23H22FN3O/c1-16(2)12-23(15-25,13-17-7-4-3-5-8-17)22(28)27-19-11-18-9-6-10-20(24)21(18)26-14-19/h3-11,14,16H,12-13H2,1-2H3,(H,27,28). The molecular formula is C23H22FN3O. The smallest absolute Gasteiger partial charge is 0.245 e. The third-order valence-corrected chi connectivity index (χ3v) is 4.67. The van der Waals surface area contributed by atoms with E-state index in [9.17, 15) is 14.4 Å². The van der Waals surface area contributed by atoms with Gasteiger partial charge in [-0.1, -0.05) is 56.3 Å². The fraction of sp³-hybridized carbons (Fsp3) is 0.261. The Labute approximate surface area is 164 Å². The number of carbonyl (C=O) groups excluding carboxylic acids is 1. The molecule has 0 aliphatic rings. The van der Waals surface area contributed by atoms with Crippen LogP contribution in [0.1, 0.15) is 25.8 Å². The molecule has 142 valence electrons. The number of rotatable bonds is 6. The highest BCUT2D eigenvalue weighted by Crippen LogP contribution is 2.32. The highest BCUT2D eigenvalue weighted by Gasteiger charge is 2.39. The van der Waals surface area contributed by atoms with Crippen LogP contribution in [0, 0.1) is 28.5 Å². The quantitative estimate of drug-likeness (QED) is 0.651. The number of hydrogen-bond donors (Lipinski definition) is 1. The number of nitrogens with zero attached hydrogens (tertiary/aromatic N) is 2. The first kappa shape index (κ1) is 19.5. The molecule has 1 amide bonds. The summed E-state index contributed by atoms with van der Waals surface area (Å²) in [5.41, 5.74) is 0.420. The number of anilines is 1. The van der Waals surface area contributed by atoms with Crippen molar-refractivity contribution in [1.82, 2.24) is 4.98 Å². The van der Waals surface area contributed by atoms with Gasteiger partial charge in [-0.15, -0.1) is 0 Å². The fourth-order valence-corrected chi connectivity index (χ4v) is 3.47. The Morgan fingerprint density at radius 1 is 1.21 bits per heavy atom. The predicted molar refractivity (Wildman–Crippen MR) is 108 cm³/mol. The number of pyridine rings is 1. The van der Waals surface area contributed by atoms with Crippen molar-refractivity contribution in [3.05, 3.63) is 72.2 Å². The summed E-state index contributed by atoms with van der Waals surface area (Å²) in [6.45, 7) is 3.98. The highest BCUT2D eigenvalue weighted by molar-refractivity contribution is 5.98. The van der Waals surface area contributed by atoms with Crippen LogP contribution in [0.5, 0.6) is 0 Å². The number of hydrogen-bond acceptors (Lipinski definition) is 3. The van der Waals surface area contributed by atoms with E-state index >= 15 is 0 Å². The van der Waals surface area contributed by atoms with E-state index in [-0.39, 0.29) is 17.3 Å². The highest BCUT2D eigenvalue weighted by atomic mass is 19.1. The van der Waals surface area contributed by atoms with Crippen LogP contribution < -0.4 is 5.32 Å². The lowest BCUT2D eigenvalue weighted by Gasteiger charge is -2.27. The Hall–Kier alpha value is -3.26. The Bertz CT molecular complexity index is 1030. The first-order valence-corrected chi connectivity index (χ1v) is 9.24. The third kappa shape index (κ3) is 4.17. The molecule has 0 bridgehead atoms. The summed E-state index contributed by atoms with van der Waals surface area (Å²) in [5, 5.41) is 13.4. The molecule has 0 saturated heterocycles. The van der Waals surface area contributed by atoms with Gasteiger partial charge in [-0.25, -0.2) is 4.39 Å². The van der Waals surface area contributed by atoms with E-state index in [0.29, 0.717) is 23.9 Å². The lowest BCUT2D eigenvalue weighted by atomic mass is 9.75. The fourth-order valence-electron chi connectivity index (χ4n) is 3.47. The number of nitriles is 1. The van der Waals surface area contributed by atoms with E-state index in [4.69, 9.17) is 0 Å². The Balaban J connectivity index is 1.91.